The molecule has 1 fully saturated rings. The van der Waals surface area contributed by atoms with Gasteiger partial charge in [-0.05, 0) is 5.92 Å². The van der Waals surface area contributed by atoms with Crippen LogP contribution in [0.25, 0.3) is 0 Å². The van der Waals surface area contributed by atoms with Crippen LogP contribution in [0.3, 0.4) is 0 Å². The van der Waals surface area contributed by atoms with Crippen LogP contribution in [-0.2, 0) is 14.4 Å². The lowest BCUT2D eigenvalue weighted by molar-refractivity contribution is -0.142. The van der Waals surface area contributed by atoms with Gasteiger partial charge in [0.25, 0.3) is 5.91 Å². The van der Waals surface area contributed by atoms with E-state index in [1.54, 1.807) is 4.90 Å². The molecule has 0 aliphatic carbocycles. The van der Waals surface area contributed by atoms with E-state index in [0.29, 0.717) is 13.1 Å². The summed E-state index contributed by atoms with van der Waals surface area (Å²) >= 11 is 0. The van der Waals surface area contributed by atoms with Crippen molar-refractivity contribution in [3.63, 3.8) is 0 Å². The van der Waals surface area contributed by atoms with Gasteiger partial charge in [0.15, 0.2) is 0 Å². The van der Waals surface area contributed by atoms with Gasteiger partial charge < -0.3 is 5.11 Å². The number of carbonyl (C=O) groups excluding carboxylic acids is 2. The maximum absolute atomic E-state index is 11.4. The first-order valence-corrected chi connectivity index (χ1v) is 5.40. The smallest absolute Gasteiger partial charge is 0.308 e. The highest BCUT2D eigenvalue weighted by Gasteiger charge is 2.35. The predicted molar refractivity (Wildman–Crippen MR) is 58.7 cm³/mol. The second-order valence-corrected chi connectivity index (χ2v) is 4.35. The van der Waals surface area contributed by atoms with E-state index < -0.39 is 11.9 Å². The van der Waals surface area contributed by atoms with Crippen molar-refractivity contribution in [2.24, 2.45) is 11.8 Å². The topological polar surface area (TPSA) is 98.7 Å². The Balaban J connectivity index is 2.36. The third-order valence-electron chi connectivity index (χ3n) is 2.75. The number of likely N-dealkylation sites (tertiary alicyclic amines) is 1. The van der Waals surface area contributed by atoms with Crippen LogP contribution in [0.2, 0.25) is 0 Å². The summed E-state index contributed by atoms with van der Waals surface area (Å²) in [6.07, 6.45) is 0. The first-order chi connectivity index (χ1) is 7.90. The number of hydrazine groups is 1. The summed E-state index contributed by atoms with van der Waals surface area (Å²) in [6, 6.07) is 0. The molecule has 2 amide bonds. The zero-order valence-corrected chi connectivity index (χ0v) is 9.90. The first kappa shape index (κ1) is 13.4. The van der Waals surface area contributed by atoms with E-state index >= 15 is 0 Å². The third-order valence-corrected chi connectivity index (χ3v) is 2.75. The molecular weight excluding hydrogens is 226 g/mol. The molecule has 0 unspecified atom stereocenters. The highest BCUT2D eigenvalue weighted by molar-refractivity contribution is 5.82. The molecule has 0 aromatic carbocycles. The Bertz CT molecular complexity index is 332. The number of rotatable bonds is 3. The predicted octanol–water partition coefficient (Wildman–Crippen LogP) is -1.19. The van der Waals surface area contributed by atoms with Crippen LogP contribution in [0.5, 0.6) is 0 Å². The number of carboxylic acids is 1. The highest BCUT2D eigenvalue weighted by atomic mass is 16.4. The van der Waals surface area contributed by atoms with Crippen molar-refractivity contribution < 1.29 is 19.5 Å². The van der Waals surface area contributed by atoms with Crippen LogP contribution < -0.4 is 10.9 Å². The second kappa shape index (κ2) is 5.62. The standard InChI is InChI=1S/C10H17N3O4/c1-6-3-13(4-8(6)10(16)17)5-9(15)12-11-7(2)14/h6,8H,3-5H2,1-2H3,(H,11,14)(H,12,15)(H,16,17)/t6-,8-/m1/s1. The van der Waals surface area contributed by atoms with Gasteiger partial charge >= 0.3 is 5.97 Å². The molecule has 1 rings (SSSR count). The van der Waals surface area contributed by atoms with Crippen LogP contribution in [0, 0.1) is 11.8 Å². The first-order valence-electron chi connectivity index (χ1n) is 5.40. The molecule has 96 valence electrons. The second-order valence-electron chi connectivity index (χ2n) is 4.35. The quantitative estimate of drug-likeness (QED) is 0.541. The fourth-order valence-corrected chi connectivity index (χ4v) is 1.92. The minimum absolute atomic E-state index is 0.0288. The van der Waals surface area contributed by atoms with Crippen molar-refractivity contribution >= 4 is 17.8 Å². The largest absolute Gasteiger partial charge is 0.481 e. The maximum atomic E-state index is 11.4. The molecule has 1 saturated heterocycles. The minimum Gasteiger partial charge on any atom is -0.481 e. The van der Waals surface area contributed by atoms with Crippen molar-refractivity contribution in [1.82, 2.24) is 15.8 Å². The Morgan fingerprint density at radius 3 is 2.41 bits per heavy atom. The molecule has 0 spiro atoms. The Morgan fingerprint density at radius 1 is 1.29 bits per heavy atom. The third kappa shape index (κ3) is 4.03. The summed E-state index contributed by atoms with van der Waals surface area (Å²) in [5.41, 5.74) is 4.42. The van der Waals surface area contributed by atoms with Gasteiger partial charge in [-0.2, -0.15) is 0 Å². The van der Waals surface area contributed by atoms with Crippen molar-refractivity contribution in [3.05, 3.63) is 0 Å². The number of nitrogens with one attached hydrogen (secondary N) is 2. The molecule has 1 aliphatic heterocycles. The van der Waals surface area contributed by atoms with Gasteiger partial charge in [0.05, 0.1) is 12.5 Å². The molecule has 3 N–H and O–H groups in total. The Hall–Kier alpha value is -1.63. The van der Waals surface area contributed by atoms with Crippen molar-refractivity contribution in [2.75, 3.05) is 19.6 Å². The van der Waals surface area contributed by atoms with E-state index in [2.05, 4.69) is 10.9 Å². The normalized spacial score (nSPS) is 24.4. The van der Waals surface area contributed by atoms with Crippen LogP contribution in [0.4, 0.5) is 0 Å². The van der Waals surface area contributed by atoms with E-state index in [1.807, 2.05) is 6.92 Å². The number of amides is 2. The van der Waals surface area contributed by atoms with Gasteiger partial charge in [-0.3, -0.25) is 30.1 Å². The molecule has 0 aromatic heterocycles. The summed E-state index contributed by atoms with van der Waals surface area (Å²) in [7, 11) is 0. The van der Waals surface area contributed by atoms with E-state index in [4.69, 9.17) is 5.11 Å². The Kier molecular flexibility index (Phi) is 4.45. The molecule has 17 heavy (non-hydrogen) atoms. The molecule has 2 atom stereocenters. The van der Waals surface area contributed by atoms with E-state index in [9.17, 15) is 14.4 Å². The number of nitrogens with zero attached hydrogens (tertiary/aromatic N) is 1. The number of hydrogen-bond donors (Lipinski definition) is 3. The molecule has 1 heterocycles. The average Bonchev–Trinajstić information content (AvgIpc) is 2.56. The molecule has 0 aromatic rings. The van der Waals surface area contributed by atoms with Crippen LogP contribution in [0.1, 0.15) is 13.8 Å². The van der Waals surface area contributed by atoms with Crippen LogP contribution in [-0.4, -0.2) is 47.4 Å². The maximum Gasteiger partial charge on any atom is 0.308 e. The fraction of sp³-hybridized carbons (Fsp3) is 0.700. The zero-order chi connectivity index (χ0) is 13.0. The number of hydrogen-bond acceptors (Lipinski definition) is 4. The molecule has 0 radical (unpaired) electrons. The Labute approximate surface area is 99.1 Å². The summed E-state index contributed by atoms with van der Waals surface area (Å²) in [5.74, 6) is -1.93. The van der Waals surface area contributed by atoms with E-state index in [1.165, 1.54) is 6.92 Å². The van der Waals surface area contributed by atoms with Crippen molar-refractivity contribution in [1.29, 1.82) is 0 Å². The van der Waals surface area contributed by atoms with Gasteiger partial charge in [0.1, 0.15) is 0 Å². The van der Waals surface area contributed by atoms with E-state index in [0.717, 1.165) is 0 Å². The van der Waals surface area contributed by atoms with Crippen molar-refractivity contribution in [3.8, 4) is 0 Å². The summed E-state index contributed by atoms with van der Waals surface area (Å²) in [5, 5.41) is 8.93. The number of carbonyl (C=O) groups is 3. The summed E-state index contributed by atoms with van der Waals surface area (Å²) in [4.78, 5) is 34.6. The lowest BCUT2D eigenvalue weighted by Gasteiger charge is -2.14. The van der Waals surface area contributed by atoms with Gasteiger partial charge in [0, 0.05) is 20.0 Å². The molecule has 7 heteroatoms. The lowest BCUT2D eigenvalue weighted by Crippen LogP contribution is -2.45. The monoisotopic (exact) mass is 243 g/mol. The SMILES string of the molecule is CC(=O)NNC(=O)CN1C[C@@H](C)[C@H](C(=O)O)C1. The van der Waals surface area contributed by atoms with Crippen LogP contribution >= 0.6 is 0 Å². The molecule has 1 aliphatic rings. The van der Waals surface area contributed by atoms with Gasteiger partial charge in [-0.25, -0.2) is 0 Å². The lowest BCUT2D eigenvalue weighted by atomic mass is 9.99. The fourth-order valence-electron chi connectivity index (χ4n) is 1.92. The molecular formula is C10H17N3O4. The van der Waals surface area contributed by atoms with Crippen molar-refractivity contribution in [2.45, 2.75) is 13.8 Å². The summed E-state index contributed by atoms with van der Waals surface area (Å²) < 4.78 is 0. The Morgan fingerprint density at radius 2 is 1.94 bits per heavy atom. The molecule has 0 bridgehead atoms. The minimum atomic E-state index is -0.831. The van der Waals surface area contributed by atoms with E-state index in [-0.39, 0.29) is 24.3 Å². The number of aliphatic carboxylic acids is 1. The highest BCUT2D eigenvalue weighted by Crippen LogP contribution is 2.22. The van der Waals surface area contributed by atoms with Gasteiger partial charge in [-0.15, -0.1) is 0 Å². The zero-order valence-electron chi connectivity index (χ0n) is 9.90. The summed E-state index contributed by atoms with van der Waals surface area (Å²) in [6.45, 7) is 4.17. The molecule has 0 saturated carbocycles. The number of carboxylic acid groups (broad SMARTS) is 1. The van der Waals surface area contributed by atoms with Gasteiger partial charge in [-0.1, -0.05) is 6.92 Å². The van der Waals surface area contributed by atoms with Crippen LogP contribution in [0.15, 0.2) is 0 Å². The van der Waals surface area contributed by atoms with Gasteiger partial charge in [0.2, 0.25) is 5.91 Å². The average molecular weight is 243 g/mol. The molecule has 7 nitrogen and oxygen atoms in total.